The molecule has 1 saturated heterocycles. The van der Waals surface area contributed by atoms with Crippen LogP contribution in [-0.4, -0.2) is 47.2 Å². The Morgan fingerprint density at radius 1 is 0.824 bits per heavy atom. The molecule has 1 aliphatic heterocycles. The van der Waals surface area contributed by atoms with Gasteiger partial charge in [0.2, 0.25) is 0 Å². The number of aromatic amines is 1. The molecular formula is C29H29BrN4. The zero-order chi connectivity index (χ0) is 22.9. The molecule has 1 fully saturated rings. The molecule has 0 spiro atoms. The van der Waals surface area contributed by atoms with Gasteiger partial charge >= 0.3 is 0 Å². The molecule has 0 radical (unpaired) electrons. The van der Waals surface area contributed by atoms with Crippen LogP contribution in [0.3, 0.4) is 0 Å². The van der Waals surface area contributed by atoms with Crippen molar-refractivity contribution in [1.29, 1.82) is 0 Å². The van der Waals surface area contributed by atoms with Gasteiger partial charge in [-0.3, -0.25) is 4.90 Å². The topological polar surface area (TPSA) is 27.2 Å². The Morgan fingerprint density at radius 2 is 1.68 bits per heavy atom. The molecular weight excluding hydrogens is 484 g/mol. The standard InChI is InChI=1S/C29H29BrN4/c30-24-9-10-27-26(19-24)23(20-31-27)11-13-32-15-17-33(18-16-32)28-7-4-8-29-25(28)12-14-34(29)21-22-5-2-1-3-6-22/h1-10,12,14,19-20,31H,11,13,15-18,21H2. The summed E-state index contributed by atoms with van der Waals surface area (Å²) in [7, 11) is 0. The van der Waals surface area contributed by atoms with Crippen LogP contribution in [0.4, 0.5) is 5.69 Å². The first-order valence-electron chi connectivity index (χ1n) is 12.1. The normalized spacial score (nSPS) is 14.9. The van der Waals surface area contributed by atoms with E-state index in [-0.39, 0.29) is 0 Å². The summed E-state index contributed by atoms with van der Waals surface area (Å²) in [6, 6.07) is 26.2. The minimum atomic E-state index is 0.909. The van der Waals surface area contributed by atoms with E-state index in [9.17, 15) is 0 Å². The summed E-state index contributed by atoms with van der Waals surface area (Å²) in [5.41, 5.74) is 6.64. The SMILES string of the molecule is Brc1ccc2[nH]cc(CCN3CCN(c4cccc5c4ccn5Cc4ccccc4)CC3)c2c1. The van der Waals surface area contributed by atoms with E-state index in [1.807, 2.05) is 0 Å². The van der Waals surface area contributed by atoms with Crippen molar-refractivity contribution in [3.05, 3.63) is 101 Å². The molecule has 5 aromatic rings. The lowest BCUT2D eigenvalue weighted by molar-refractivity contribution is 0.261. The van der Waals surface area contributed by atoms with Gasteiger partial charge in [0.1, 0.15) is 0 Å². The van der Waals surface area contributed by atoms with Crippen LogP contribution < -0.4 is 4.90 Å². The zero-order valence-electron chi connectivity index (χ0n) is 19.3. The molecule has 0 atom stereocenters. The number of halogens is 1. The van der Waals surface area contributed by atoms with Crippen LogP contribution >= 0.6 is 15.9 Å². The largest absolute Gasteiger partial charge is 0.368 e. The number of anilines is 1. The molecule has 1 N–H and O–H groups in total. The first-order chi connectivity index (χ1) is 16.7. The fraction of sp³-hybridized carbons (Fsp3) is 0.241. The van der Waals surface area contributed by atoms with Gasteiger partial charge in [0.15, 0.2) is 0 Å². The highest BCUT2D eigenvalue weighted by molar-refractivity contribution is 9.10. The summed E-state index contributed by atoms with van der Waals surface area (Å²) in [5, 5.41) is 2.69. The van der Waals surface area contributed by atoms with Crippen molar-refractivity contribution in [2.45, 2.75) is 13.0 Å². The molecule has 6 rings (SSSR count). The molecule has 4 nitrogen and oxygen atoms in total. The van der Waals surface area contributed by atoms with Gasteiger partial charge in [0.25, 0.3) is 0 Å². The third kappa shape index (κ3) is 4.26. The van der Waals surface area contributed by atoms with E-state index in [0.717, 1.165) is 50.2 Å². The highest BCUT2D eigenvalue weighted by Crippen LogP contribution is 2.29. The van der Waals surface area contributed by atoms with Crippen molar-refractivity contribution in [3.8, 4) is 0 Å². The molecule has 3 aromatic carbocycles. The van der Waals surface area contributed by atoms with Gasteiger partial charge in [0.05, 0.1) is 5.52 Å². The van der Waals surface area contributed by atoms with Gasteiger partial charge in [0, 0.05) is 78.1 Å². The van der Waals surface area contributed by atoms with E-state index in [2.05, 4.69) is 120 Å². The van der Waals surface area contributed by atoms with Crippen molar-refractivity contribution in [1.82, 2.24) is 14.5 Å². The second-order valence-corrected chi connectivity index (χ2v) is 10.1. The lowest BCUT2D eigenvalue weighted by Gasteiger charge is -2.36. The smallest absolute Gasteiger partial charge is 0.0504 e. The van der Waals surface area contributed by atoms with Crippen LogP contribution in [0.15, 0.2) is 89.7 Å². The van der Waals surface area contributed by atoms with E-state index < -0.39 is 0 Å². The number of fused-ring (bicyclic) bond motifs is 2. The highest BCUT2D eigenvalue weighted by atomic mass is 79.9. The fourth-order valence-corrected chi connectivity index (χ4v) is 5.61. The van der Waals surface area contributed by atoms with Gasteiger partial charge in [-0.25, -0.2) is 0 Å². The molecule has 5 heteroatoms. The predicted molar refractivity (Wildman–Crippen MR) is 146 cm³/mol. The van der Waals surface area contributed by atoms with Crippen molar-refractivity contribution in [3.63, 3.8) is 0 Å². The van der Waals surface area contributed by atoms with Gasteiger partial charge in [-0.2, -0.15) is 0 Å². The number of nitrogens with zero attached hydrogens (tertiary/aromatic N) is 3. The molecule has 2 aromatic heterocycles. The lowest BCUT2D eigenvalue weighted by atomic mass is 10.1. The average Bonchev–Trinajstić information content (AvgIpc) is 3.47. The summed E-state index contributed by atoms with van der Waals surface area (Å²) in [6.07, 6.45) is 5.49. The molecule has 172 valence electrons. The number of benzene rings is 3. The van der Waals surface area contributed by atoms with Gasteiger partial charge < -0.3 is 14.5 Å². The Labute approximate surface area is 208 Å². The maximum atomic E-state index is 3.61. The number of piperazine rings is 1. The van der Waals surface area contributed by atoms with Gasteiger partial charge in [-0.1, -0.05) is 52.3 Å². The van der Waals surface area contributed by atoms with E-state index in [1.54, 1.807) is 0 Å². The van der Waals surface area contributed by atoms with Crippen LogP contribution in [0.2, 0.25) is 0 Å². The summed E-state index contributed by atoms with van der Waals surface area (Å²) in [4.78, 5) is 8.59. The second-order valence-electron chi connectivity index (χ2n) is 9.22. The average molecular weight is 513 g/mol. The fourth-order valence-electron chi connectivity index (χ4n) is 5.25. The van der Waals surface area contributed by atoms with Gasteiger partial charge in [-0.15, -0.1) is 0 Å². The van der Waals surface area contributed by atoms with Gasteiger partial charge in [-0.05, 0) is 53.9 Å². The second kappa shape index (κ2) is 9.32. The third-order valence-electron chi connectivity index (χ3n) is 7.13. The van der Waals surface area contributed by atoms with Crippen molar-refractivity contribution < 1.29 is 0 Å². The van der Waals surface area contributed by atoms with Crippen LogP contribution in [0.1, 0.15) is 11.1 Å². The minimum Gasteiger partial charge on any atom is -0.368 e. The highest BCUT2D eigenvalue weighted by Gasteiger charge is 2.19. The lowest BCUT2D eigenvalue weighted by Crippen LogP contribution is -2.47. The number of H-pyrrole nitrogens is 1. The molecule has 3 heterocycles. The third-order valence-corrected chi connectivity index (χ3v) is 7.62. The Hall–Kier alpha value is -3.02. The minimum absolute atomic E-state index is 0.909. The number of nitrogens with one attached hydrogen (secondary N) is 1. The van der Waals surface area contributed by atoms with Crippen molar-refractivity contribution in [2.24, 2.45) is 0 Å². The van der Waals surface area contributed by atoms with E-state index >= 15 is 0 Å². The number of rotatable bonds is 6. The molecule has 0 unspecified atom stereocenters. The van der Waals surface area contributed by atoms with E-state index in [1.165, 1.54) is 38.6 Å². The summed E-state index contributed by atoms with van der Waals surface area (Å²) in [6.45, 7) is 6.36. The maximum Gasteiger partial charge on any atom is 0.0504 e. The van der Waals surface area contributed by atoms with Crippen LogP contribution in [0, 0.1) is 0 Å². The Bertz CT molecular complexity index is 1410. The van der Waals surface area contributed by atoms with E-state index in [4.69, 9.17) is 0 Å². The Kier molecular flexibility index (Phi) is 5.90. The Balaban J connectivity index is 1.12. The molecule has 1 aliphatic rings. The van der Waals surface area contributed by atoms with Crippen LogP contribution in [0.25, 0.3) is 21.8 Å². The van der Waals surface area contributed by atoms with Crippen LogP contribution in [-0.2, 0) is 13.0 Å². The number of hydrogen-bond donors (Lipinski definition) is 1. The molecule has 0 aliphatic carbocycles. The van der Waals surface area contributed by atoms with Crippen LogP contribution in [0.5, 0.6) is 0 Å². The summed E-state index contributed by atoms with van der Waals surface area (Å²) < 4.78 is 3.51. The number of aromatic nitrogens is 2. The summed E-state index contributed by atoms with van der Waals surface area (Å²) in [5.74, 6) is 0. The first kappa shape index (κ1) is 21.5. The van der Waals surface area contributed by atoms with Crippen molar-refractivity contribution >= 4 is 43.4 Å². The summed E-state index contributed by atoms with van der Waals surface area (Å²) >= 11 is 3.61. The molecule has 0 saturated carbocycles. The maximum absolute atomic E-state index is 3.61. The monoisotopic (exact) mass is 512 g/mol. The predicted octanol–water partition coefficient (Wildman–Crippen LogP) is 6.30. The molecule has 34 heavy (non-hydrogen) atoms. The number of hydrogen-bond acceptors (Lipinski definition) is 2. The van der Waals surface area contributed by atoms with Crippen molar-refractivity contribution in [2.75, 3.05) is 37.6 Å². The molecule has 0 amide bonds. The van der Waals surface area contributed by atoms with E-state index in [0.29, 0.717) is 0 Å². The first-order valence-corrected chi connectivity index (χ1v) is 12.9. The molecule has 0 bridgehead atoms. The quantitative estimate of drug-likeness (QED) is 0.289. The zero-order valence-corrected chi connectivity index (χ0v) is 20.8. The Morgan fingerprint density at radius 3 is 2.53 bits per heavy atom.